The molecule has 3 unspecified atom stereocenters. The zero-order valence-electron chi connectivity index (χ0n) is 10.3. The van der Waals surface area contributed by atoms with E-state index in [0.29, 0.717) is 19.0 Å². The van der Waals surface area contributed by atoms with Crippen molar-refractivity contribution in [2.24, 2.45) is 11.8 Å². The Morgan fingerprint density at radius 1 is 1.56 bits per heavy atom. The van der Waals surface area contributed by atoms with Crippen LogP contribution in [-0.2, 0) is 9.53 Å². The highest BCUT2D eigenvalue weighted by atomic mass is 16.5. The molecule has 2 aliphatic rings. The zero-order chi connectivity index (χ0) is 11.9. The lowest BCUT2D eigenvalue weighted by molar-refractivity contribution is -0.168. The molecular weight excluding hydrogens is 206 g/mol. The topological polar surface area (TPSA) is 49.8 Å². The van der Waals surface area contributed by atoms with Gasteiger partial charge in [-0.2, -0.15) is 0 Å². The SMILES string of the molecule is CC1CC1C(=O)N1CC(CO)OC(C)(C)C1. The van der Waals surface area contributed by atoms with Gasteiger partial charge in [-0.25, -0.2) is 0 Å². The van der Waals surface area contributed by atoms with E-state index in [1.54, 1.807) is 0 Å². The molecule has 0 aromatic heterocycles. The van der Waals surface area contributed by atoms with Gasteiger partial charge in [-0.3, -0.25) is 4.79 Å². The second kappa shape index (κ2) is 4.00. The molecule has 1 N–H and O–H groups in total. The summed E-state index contributed by atoms with van der Waals surface area (Å²) in [4.78, 5) is 14.0. The largest absolute Gasteiger partial charge is 0.394 e. The van der Waals surface area contributed by atoms with E-state index in [-0.39, 0.29) is 30.1 Å². The molecule has 1 aliphatic heterocycles. The number of nitrogens with zero attached hydrogens (tertiary/aromatic N) is 1. The molecule has 1 heterocycles. The molecule has 4 heteroatoms. The summed E-state index contributed by atoms with van der Waals surface area (Å²) >= 11 is 0. The van der Waals surface area contributed by atoms with Crippen molar-refractivity contribution in [2.45, 2.75) is 38.9 Å². The number of hydrogen-bond acceptors (Lipinski definition) is 3. The van der Waals surface area contributed by atoms with Gasteiger partial charge in [0.15, 0.2) is 0 Å². The minimum Gasteiger partial charge on any atom is -0.394 e. The Kier molecular flexibility index (Phi) is 2.97. The summed E-state index contributed by atoms with van der Waals surface area (Å²) in [6.45, 7) is 7.18. The predicted octanol–water partition coefficient (Wildman–Crippen LogP) is 0.641. The second-order valence-corrected chi connectivity index (χ2v) is 5.72. The van der Waals surface area contributed by atoms with Crippen molar-refractivity contribution in [1.29, 1.82) is 0 Å². The van der Waals surface area contributed by atoms with Crippen LogP contribution < -0.4 is 0 Å². The number of hydrogen-bond donors (Lipinski definition) is 1. The van der Waals surface area contributed by atoms with Gasteiger partial charge in [0.05, 0.1) is 18.3 Å². The van der Waals surface area contributed by atoms with Gasteiger partial charge in [0, 0.05) is 19.0 Å². The number of carbonyl (C=O) groups excluding carboxylic acids is 1. The van der Waals surface area contributed by atoms with Crippen molar-refractivity contribution >= 4 is 5.91 Å². The van der Waals surface area contributed by atoms with E-state index < -0.39 is 0 Å². The molecule has 1 saturated carbocycles. The Hall–Kier alpha value is -0.610. The number of morpholine rings is 1. The van der Waals surface area contributed by atoms with Crippen molar-refractivity contribution in [1.82, 2.24) is 4.90 Å². The number of ether oxygens (including phenoxy) is 1. The molecule has 1 saturated heterocycles. The lowest BCUT2D eigenvalue weighted by Crippen LogP contribution is -2.56. The Morgan fingerprint density at radius 2 is 2.19 bits per heavy atom. The van der Waals surface area contributed by atoms with Gasteiger partial charge in [-0.1, -0.05) is 6.92 Å². The molecule has 1 aliphatic carbocycles. The van der Waals surface area contributed by atoms with Crippen molar-refractivity contribution in [3.63, 3.8) is 0 Å². The number of rotatable bonds is 2. The van der Waals surface area contributed by atoms with E-state index in [9.17, 15) is 4.79 Å². The van der Waals surface area contributed by atoms with Crippen LogP contribution in [-0.4, -0.2) is 47.3 Å². The maximum atomic E-state index is 12.1. The van der Waals surface area contributed by atoms with E-state index in [1.807, 2.05) is 18.7 Å². The number of amides is 1. The highest BCUT2D eigenvalue weighted by Gasteiger charge is 2.44. The van der Waals surface area contributed by atoms with Gasteiger partial charge >= 0.3 is 0 Å². The predicted molar refractivity (Wildman–Crippen MR) is 59.9 cm³/mol. The minimum atomic E-state index is -0.348. The third-order valence-corrected chi connectivity index (χ3v) is 3.42. The average Bonchev–Trinajstić information content (AvgIpc) is 2.92. The highest BCUT2D eigenvalue weighted by molar-refractivity contribution is 5.81. The molecule has 16 heavy (non-hydrogen) atoms. The first-order valence-electron chi connectivity index (χ1n) is 6.00. The van der Waals surface area contributed by atoms with Gasteiger partial charge in [-0.15, -0.1) is 0 Å². The van der Waals surface area contributed by atoms with Crippen molar-refractivity contribution in [3.05, 3.63) is 0 Å². The van der Waals surface area contributed by atoms with Crippen LogP contribution in [0.3, 0.4) is 0 Å². The van der Waals surface area contributed by atoms with Crippen LogP contribution in [0.5, 0.6) is 0 Å². The molecular formula is C12H21NO3. The van der Waals surface area contributed by atoms with E-state index in [4.69, 9.17) is 9.84 Å². The molecule has 0 radical (unpaired) electrons. The van der Waals surface area contributed by atoms with Crippen molar-refractivity contribution < 1.29 is 14.6 Å². The fourth-order valence-electron chi connectivity index (χ4n) is 2.46. The summed E-state index contributed by atoms with van der Waals surface area (Å²) < 4.78 is 5.69. The third-order valence-electron chi connectivity index (χ3n) is 3.42. The van der Waals surface area contributed by atoms with E-state index in [2.05, 4.69) is 6.92 Å². The first-order valence-corrected chi connectivity index (χ1v) is 6.00. The summed E-state index contributed by atoms with van der Waals surface area (Å²) in [5, 5.41) is 9.17. The van der Waals surface area contributed by atoms with Crippen molar-refractivity contribution in [3.8, 4) is 0 Å². The fourth-order valence-corrected chi connectivity index (χ4v) is 2.46. The van der Waals surface area contributed by atoms with Crippen LogP contribution in [0.1, 0.15) is 27.2 Å². The summed E-state index contributed by atoms with van der Waals surface area (Å²) in [5.41, 5.74) is -0.348. The lowest BCUT2D eigenvalue weighted by atomic mass is 10.0. The molecule has 0 aromatic rings. The normalized spacial score (nSPS) is 37.2. The molecule has 3 atom stereocenters. The lowest BCUT2D eigenvalue weighted by Gasteiger charge is -2.42. The van der Waals surface area contributed by atoms with Crippen LogP contribution in [0, 0.1) is 11.8 Å². The fraction of sp³-hybridized carbons (Fsp3) is 0.917. The van der Waals surface area contributed by atoms with E-state index >= 15 is 0 Å². The Bertz CT molecular complexity index is 290. The van der Waals surface area contributed by atoms with Crippen LogP contribution in [0.25, 0.3) is 0 Å². The molecule has 2 fully saturated rings. The average molecular weight is 227 g/mol. The van der Waals surface area contributed by atoms with Crippen LogP contribution in [0.4, 0.5) is 0 Å². The second-order valence-electron chi connectivity index (χ2n) is 5.72. The summed E-state index contributed by atoms with van der Waals surface area (Å²) in [6, 6.07) is 0. The Morgan fingerprint density at radius 3 is 2.69 bits per heavy atom. The Labute approximate surface area is 96.6 Å². The maximum Gasteiger partial charge on any atom is 0.226 e. The van der Waals surface area contributed by atoms with Gasteiger partial charge in [0.2, 0.25) is 5.91 Å². The van der Waals surface area contributed by atoms with E-state index in [1.165, 1.54) is 0 Å². The first kappa shape index (κ1) is 11.9. The molecule has 2 rings (SSSR count). The summed E-state index contributed by atoms with van der Waals surface area (Å²) in [6.07, 6.45) is 0.780. The molecule has 4 nitrogen and oxygen atoms in total. The zero-order valence-corrected chi connectivity index (χ0v) is 10.3. The van der Waals surface area contributed by atoms with Gasteiger partial charge in [-0.05, 0) is 26.2 Å². The highest BCUT2D eigenvalue weighted by Crippen LogP contribution is 2.40. The minimum absolute atomic E-state index is 0.0204. The molecule has 92 valence electrons. The molecule has 0 bridgehead atoms. The standard InChI is InChI=1S/C12H21NO3/c1-8-4-10(8)11(15)13-5-9(6-14)16-12(2,3)7-13/h8-10,14H,4-7H2,1-3H3. The van der Waals surface area contributed by atoms with Gasteiger partial charge in [0.1, 0.15) is 0 Å². The maximum absolute atomic E-state index is 12.1. The summed E-state index contributed by atoms with van der Waals surface area (Å²) in [5.74, 6) is 0.988. The third kappa shape index (κ3) is 2.38. The van der Waals surface area contributed by atoms with Crippen LogP contribution in [0.15, 0.2) is 0 Å². The summed E-state index contributed by atoms with van der Waals surface area (Å²) in [7, 11) is 0. The van der Waals surface area contributed by atoms with Gasteiger partial charge < -0.3 is 14.7 Å². The number of aliphatic hydroxyl groups excluding tert-OH is 1. The Balaban J connectivity index is 2.01. The number of aliphatic hydroxyl groups is 1. The van der Waals surface area contributed by atoms with Crippen LogP contribution in [0.2, 0.25) is 0 Å². The monoisotopic (exact) mass is 227 g/mol. The van der Waals surface area contributed by atoms with Gasteiger partial charge in [0.25, 0.3) is 0 Å². The quantitative estimate of drug-likeness (QED) is 0.753. The smallest absolute Gasteiger partial charge is 0.226 e. The van der Waals surface area contributed by atoms with E-state index in [0.717, 1.165) is 6.42 Å². The molecule has 0 spiro atoms. The number of carbonyl (C=O) groups is 1. The molecule has 0 aromatic carbocycles. The van der Waals surface area contributed by atoms with Crippen molar-refractivity contribution in [2.75, 3.05) is 19.7 Å². The molecule has 1 amide bonds. The first-order chi connectivity index (χ1) is 7.43. The van der Waals surface area contributed by atoms with Crippen LogP contribution >= 0.6 is 0 Å².